The van der Waals surface area contributed by atoms with Crippen molar-refractivity contribution in [1.82, 2.24) is 15.5 Å². The van der Waals surface area contributed by atoms with E-state index in [2.05, 4.69) is 27.4 Å². The number of hydrogen-bond donors (Lipinski definition) is 2. The predicted molar refractivity (Wildman–Crippen MR) is 93.1 cm³/mol. The normalized spacial score (nSPS) is 19.9. The molecule has 1 rings (SSSR count). The molecule has 1 unspecified atom stereocenters. The van der Waals surface area contributed by atoms with E-state index in [1.165, 1.54) is 32.2 Å². The van der Waals surface area contributed by atoms with Gasteiger partial charge in [-0.3, -0.25) is 4.99 Å². The van der Waals surface area contributed by atoms with Gasteiger partial charge in [0.05, 0.1) is 5.75 Å². The molecular weight excluding hydrogens is 300 g/mol. The number of likely N-dealkylation sites (tertiary alicyclic amines) is 1. The zero-order chi connectivity index (χ0) is 16.6. The fourth-order valence-corrected chi connectivity index (χ4v) is 3.29. The van der Waals surface area contributed by atoms with E-state index < -0.39 is 9.84 Å². The summed E-state index contributed by atoms with van der Waals surface area (Å²) < 4.78 is 22.4. The summed E-state index contributed by atoms with van der Waals surface area (Å²) in [6.07, 6.45) is 4.43. The average Bonchev–Trinajstić information content (AvgIpc) is 2.45. The van der Waals surface area contributed by atoms with Crippen LogP contribution < -0.4 is 10.6 Å². The molecular formula is C15H32N4O2S. The molecule has 6 nitrogen and oxygen atoms in total. The molecule has 0 saturated carbocycles. The highest BCUT2D eigenvalue weighted by Crippen LogP contribution is 2.14. The van der Waals surface area contributed by atoms with Crippen molar-refractivity contribution in [3.8, 4) is 0 Å². The summed E-state index contributed by atoms with van der Waals surface area (Å²) in [6.45, 7) is 8.53. The minimum Gasteiger partial charge on any atom is -0.355 e. The van der Waals surface area contributed by atoms with Crippen LogP contribution in [-0.2, 0) is 9.84 Å². The van der Waals surface area contributed by atoms with Crippen LogP contribution in [0.4, 0.5) is 0 Å². The molecule has 1 fully saturated rings. The van der Waals surface area contributed by atoms with E-state index in [0.717, 1.165) is 25.0 Å². The first-order valence-corrected chi connectivity index (χ1v) is 10.2. The van der Waals surface area contributed by atoms with Crippen molar-refractivity contribution < 1.29 is 8.42 Å². The summed E-state index contributed by atoms with van der Waals surface area (Å²) >= 11 is 0. The fraction of sp³-hybridized carbons (Fsp3) is 0.933. The number of nitrogens with one attached hydrogen (secondary N) is 2. The minimum absolute atomic E-state index is 0.0803. The first-order chi connectivity index (χ1) is 10.3. The molecule has 0 aromatic carbocycles. The zero-order valence-corrected chi connectivity index (χ0v) is 15.2. The summed E-state index contributed by atoms with van der Waals surface area (Å²) in [6, 6.07) is 0.0803. The molecule has 7 heteroatoms. The monoisotopic (exact) mass is 332 g/mol. The number of piperidine rings is 1. The van der Waals surface area contributed by atoms with E-state index in [-0.39, 0.29) is 11.8 Å². The SMILES string of the molecule is CN=C(NCCN1CCC(C)CC1)NC(C)CCS(C)(=O)=O. The topological polar surface area (TPSA) is 73.8 Å². The highest BCUT2D eigenvalue weighted by atomic mass is 32.2. The van der Waals surface area contributed by atoms with Gasteiger partial charge < -0.3 is 15.5 Å². The van der Waals surface area contributed by atoms with Crippen LogP contribution in [0.15, 0.2) is 4.99 Å². The number of rotatable bonds is 7. The van der Waals surface area contributed by atoms with Crippen LogP contribution in [-0.4, -0.2) is 70.6 Å². The molecule has 0 spiro atoms. The fourth-order valence-electron chi connectivity index (χ4n) is 2.51. The lowest BCUT2D eigenvalue weighted by Crippen LogP contribution is -2.46. The summed E-state index contributed by atoms with van der Waals surface area (Å²) in [5.74, 6) is 1.80. The van der Waals surface area contributed by atoms with Gasteiger partial charge in [-0.25, -0.2) is 8.42 Å². The van der Waals surface area contributed by atoms with Crippen molar-refractivity contribution >= 4 is 15.8 Å². The van der Waals surface area contributed by atoms with Gasteiger partial charge in [0, 0.05) is 32.4 Å². The molecule has 0 radical (unpaired) electrons. The summed E-state index contributed by atoms with van der Waals surface area (Å²) in [5.41, 5.74) is 0. The van der Waals surface area contributed by atoms with Crippen molar-refractivity contribution in [3.05, 3.63) is 0 Å². The van der Waals surface area contributed by atoms with Gasteiger partial charge in [-0.2, -0.15) is 0 Å². The second-order valence-electron chi connectivity index (χ2n) is 6.49. The Morgan fingerprint density at radius 1 is 1.36 bits per heavy atom. The number of guanidine groups is 1. The van der Waals surface area contributed by atoms with Crippen LogP contribution in [0.1, 0.15) is 33.1 Å². The third-order valence-electron chi connectivity index (χ3n) is 4.13. The molecule has 1 heterocycles. The van der Waals surface area contributed by atoms with E-state index in [0.29, 0.717) is 6.42 Å². The molecule has 2 N–H and O–H groups in total. The Bertz CT molecular complexity index is 442. The molecule has 0 aliphatic carbocycles. The maximum Gasteiger partial charge on any atom is 0.191 e. The van der Waals surface area contributed by atoms with Gasteiger partial charge in [-0.1, -0.05) is 6.92 Å². The second-order valence-corrected chi connectivity index (χ2v) is 8.75. The minimum atomic E-state index is -2.90. The molecule has 1 saturated heterocycles. The van der Waals surface area contributed by atoms with E-state index in [4.69, 9.17) is 0 Å². The summed E-state index contributed by atoms with van der Waals surface area (Å²) in [5, 5.41) is 6.54. The van der Waals surface area contributed by atoms with Gasteiger partial charge in [0.25, 0.3) is 0 Å². The third-order valence-corrected chi connectivity index (χ3v) is 5.10. The quantitative estimate of drug-likeness (QED) is 0.530. The Kier molecular flexibility index (Phi) is 8.17. The predicted octanol–water partition coefficient (Wildman–Crippen LogP) is 0.707. The van der Waals surface area contributed by atoms with E-state index in [1.807, 2.05) is 6.92 Å². The lowest BCUT2D eigenvalue weighted by Gasteiger charge is -2.30. The highest BCUT2D eigenvalue weighted by molar-refractivity contribution is 7.90. The molecule has 1 atom stereocenters. The number of hydrogen-bond acceptors (Lipinski definition) is 4. The first kappa shape index (κ1) is 19.2. The molecule has 0 aromatic rings. The Morgan fingerprint density at radius 2 is 2.00 bits per heavy atom. The molecule has 22 heavy (non-hydrogen) atoms. The number of aliphatic imine (C=N–C) groups is 1. The Labute approximate surface area is 135 Å². The maximum absolute atomic E-state index is 11.2. The Morgan fingerprint density at radius 3 is 2.55 bits per heavy atom. The standard InChI is InChI=1S/C15H32N4O2S/c1-13-5-9-19(10-6-13)11-8-17-15(16-3)18-14(2)7-12-22(4,20)21/h13-14H,5-12H2,1-4H3,(H2,16,17,18). The van der Waals surface area contributed by atoms with Crippen LogP contribution in [0.3, 0.4) is 0 Å². The maximum atomic E-state index is 11.2. The molecule has 0 bridgehead atoms. The van der Waals surface area contributed by atoms with Crippen molar-refractivity contribution in [2.24, 2.45) is 10.9 Å². The van der Waals surface area contributed by atoms with Crippen LogP contribution >= 0.6 is 0 Å². The van der Waals surface area contributed by atoms with Crippen molar-refractivity contribution in [1.29, 1.82) is 0 Å². The van der Waals surface area contributed by atoms with Gasteiger partial charge >= 0.3 is 0 Å². The van der Waals surface area contributed by atoms with Gasteiger partial charge in [0.2, 0.25) is 0 Å². The molecule has 1 aliphatic rings. The zero-order valence-electron chi connectivity index (χ0n) is 14.4. The van der Waals surface area contributed by atoms with Crippen LogP contribution in [0.25, 0.3) is 0 Å². The smallest absolute Gasteiger partial charge is 0.191 e. The largest absolute Gasteiger partial charge is 0.355 e. The van der Waals surface area contributed by atoms with E-state index in [9.17, 15) is 8.42 Å². The van der Waals surface area contributed by atoms with Gasteiger partial charge in [-0.05, 0) is 45.2 Å². The van der Waals surface area contributed by atoms with Crippen LogP contribution in [0, 0.1) is 5.92 Å². The average molecular weight is 333 g/mol. The van der Waals surface area contributed by atoms with Crippen LogP contribution in [0.5, 0.6) is 0 Å². The van der Waals surface area contributed by atoms with Crippen molar-refractivity contribution in [2.75, 3.05) is 45.2 Å². The van der Waals surface area contributed by atoms with Crippen molar-refractivity contribution in [2.45, 2.75) is 39.2 Å². The molecule has 0 aromatic heterocycles. The lowest BCUT2D eigenvalue weighted by atomic mass is 9.99. The van der Waals surface area contributed by atoms with Crippen LogP contribution in [0.2, 0.25) is 0 Å². The van der Waals surface area contributed by atoms with E-state index >= 15 is 0 Å². The molecule has 130 valence electrons. The van der Waals surface area contributed by atoms with Crippen molar-refractivity contribution in [3.63, 3.8) is 0 Å². The Balaban J connectivity index is 2.22. The summed E-state index contributed by atoms with van der Waals surface area (Å²) in [4.78, 5) is 6.67. The van der Waals surface area contributed by atoms with E-state index in [1.54, 1.807) is 7.05 Å². The lowest BCUT2D eigenvalue weighted by molar-refractivity contribution is 0.195. The summed E-state index contributed by atoms with van der Waals surface area (Å²) in [7, 11) is -1.17. The number of sulfone groups is 1. The molecule has 0 amide bonds. The van der Waals surface area contributed by atoms with Gasteiger partial charge in [0.15, 0.2) is 5.96 Å². The second kappa shape index (κ2) is 9.35. The van der Waals surface area contributed by atoms with Gasteiger partial charge in [-0.15, -0.1) is 0 Å². The first-order valence-electron chi connectivity index (χ1n) is 8.17. The van der Waals surface area contributed by atoms with Gasteiger partial charge in [0.1, 0.15) is 9.84 Å². The highest BCUT2D eigenvalue weighted by Gasteiger charge is 2.15. The molecule has 1 aliphatic heterocycles. The Hall–Kier alpha value is -0.820. The third kappa shape index (κ3) is 8.58. The number of nitrogens with zero attached hydrogens (tertiary/aromatic N) is 2.